The van der Waals surface area contributed by atoms with Gasteiger partial charge in [-0.15, -0.1) is 11.3 Å². The number of benzene rings is 3. The number of aryl methyl sites for hydroxylation is 1. The zero-order chi connectivity index (χ0) is 46.5. The highest BCUT2D eigenvalue weighted by Crippen LogP contribution is 2.44. The third-order valence-corrected chi connectivity index (χ3v) is 14.8. The van der Waals surface area contributed by atoms with Crippen LogP contribution in [0.25, 0.3) is 32.9 Å². The Morgan fingerprint density at radius 1 is 0.926 bits per heavy atom. The molecule has 3 aromatic carbocycles. The number of urea groups is 1. The number of likely N-dealkylation sites (tertiary alicyclic amines) is 2. The number of carbonyl (C=O) groups is 4. The zero-order valence-electron chi connectivity index (χ0n) is 36.5. The second-order valence-electron chi connectivity index (χ2n) is 18.7. The number of fused-ring (bicyclic) bond motifs is 3. The molecule has 5 aliphatic rings. The normalized spacial score (nSPS) is 20.4. The van der Waals surface area contributed by atoms with E-state index in [4.69, 9.17) is 5.10 Å². The van der Waals surface area contributed by atoms with Crippen molar-refractivity contribution in [1.82, 2.24) is 49.6 Å². The van der Waals surface area contributed by atoms with Crippen LogP contribution < -0.4 is 20.4 Å². The largest absolute Gasteiger partial charge is 0.370 e. The van der Waals surface area contributed by atoms with Crippen LogP contribution >= 0.6 is 11.3 Å². The SMILES string of the molecule is O=C1CCN(c2n[nH]c3cc(C4CCN(CC(=O)N5CC6(C5)CN(c5ccc(-c7cc(F)c8cn(C(C(=O)Nc9nccs9)c9ncn%10c9CCC%10)nc8c7)cc5)C6)CC4(F)F)ccc23)C(=O)N1. The van der Waals surface area contributed by atoms with Crippen LogP contribution in [0.3, 0.4) is 0 Å². The quantitative estimate of drug-likeness (QED) is 0.152. The summed E-state index contributed by atoms with van der Waals surface area (Å²) in [4.78, 5) is 66.9. The number of H-pyrrole nitrogens is 1. The number of rotatable bonds is 10. The number of nitrogens with one attached hydrogen (secondary N) is 3. The second-order valence-corrected chi connectivity index (χ2v) is 19.6. The number of amides is 5. The summed E-state index contributed by atoms with van der Waals surface area (Å²) in [6, 6.07) is 14.6. The van der Waals surface area contributed by atoms with E-state index in [1.807, 2.05) is 34.9 Å². The molecule has 12 rings (SSSR count). The fourth-order valence-electron chi connectivity index (χ4n) is 10.8. The highest BCUT2D eigenvalue weighted by molar-refractivity contribution is 7.13. The molecule has 0 saturated carbocycles. The molecule has 4 saturated heterocycles. The van der Waals surface area contributed by atoms with Gasteiger partial charge in [0.05, 0.1) is 47.4 Å². The molecule has 17 nitrogen and oxygen atoms in total. The molecule has 4 aromatic heterocycles. The smallest absolute Gasteiger partial charge is 0.329 e. The lowest BCUT2D eigenvalue weighted by Gasteiger charge is -2.61. The molecular formula is C47H44F3N13O4S. The van der Waals surface area contributed by atoms with Crippen LogP contribution in [0.1, 0.15) is 48.2 Å². The average molecular weight is 944 g/mol. The van der Waals surface area contributed by atoms with Crippen LogP contribution in [0, 0.1) is 11.2 Å². The molecule has 5 aliphatic heterocycles. The minimum absolute atomic E-state index is 0.0512. The standard InChI is InChI=1S/C47H44F3N13O4S/c48-34-16-29(18-36-32(34)19-63(57-36)41(43(66)54-44-51-11-15-68-44)40-37-2-1-12-59(37)26-52-40)27-3-6-30(7-4-27)60-21-46(22-60)23-61(24-46)39(65)20-58-13-9-33(47(49,50)25-58)28-5-8-31-35(17-28)55-56-42(31)62-14-10-38(64)53-45(62)67/h3-8,11,15-19,26,33,41H,1-2,9-10,12-14,20-25H2,(H,55,56)(H,51,54,66)(H,53,64,67). The van der Waals surface area contributed by atoms with Gasteiger partial charge in [0.1, 0.15) is 5.82 Å². The number of thiazole rings is 1. The zero-order valence-corrected chi connectivity index (χ0v) is 37.3. The Hall–Kier alpha value is -7.13. The molecule has 68 heavy (non-hydrogen) atoms. The number of aromatic amines is 1. The number of nitrogens with zero attached hydrogens (tertiary/aromatic N) is 10. The number of piperidine rings is 1. The number of carbonyl (C=O) groups excluding carboxylic acids is 4. The van der Waals surface area contributed by atoms with Gasteiger partial charge in [0, 0.05) is 85.6 Å². The van der Waals surface area contributed by atoms with Crippen molar-refractivity contribution in [3.63, 3.8) is 0 Å². The first-order valence-electron chi connectivity index (χ1n) is 22.6. The Morgan fingerprint density at radius 2 is 1.76 bits per heavy atom. The van der Waals surface area contributed by atoms with Crippen LogP contribution in [-0.4, -0.2) is 126 Å². The monoisotopic (exact) mass is 943 g/mol. The Morgan fingerprint density at radius 3 is 2.54 bits per heavy atom. The molecule has 348 valence electrons. The van der Waals surface area contributed by atoms with Gasteiger partial charge in [0.15, 0.2) is 17.0 Å². The molecule has 9 heterocycles. The van der Waals surface area contributed by atoms with Crippen molar-refractivity contribution in [2.75, 3.05) is 67.5 Å². The lowest BCUT2D eigenvalue weighted by Crippen LogP contribution is -2.73. The van der Waals surface area contributed by atoms with Crippen LogP contribution in [0.15, 0.2) is 78.7 Å². The number of hydrogen-bond donors (Lipinski definition) is 3. The maximum Gasteiger partial charge on any atom is 0.329 e. The summed E-state index contributed by atoms with van der Waals surface area (Å²) in [7, 11) is 0. The van der Waals surface area contributed by atoms with Crippen molar-refractivity contribution in [2.24, 2.45) is 5.41 Å². The van der Waals surface area contributed by atoms with E-state index in [1.165, 1.54) is 27.0 Å². The minimum Gasteiger partial charge on any atom is -0.370 e. The Balaban J connectivity index is 0.655. The summed E-state index contributed by atoms with van der Waals surface area (Å²) >= 11 is 1.30. The van der Waals surface area contributed by atoms with E-state index >= 15 is 13.2 Å². The van der Waals surface area contributed by atoms with Gasteiger partial charge < -0.3 is 14.4 Å². The molecule has 3 N–H and O–H groups in total. The van der Waals surface area contributed by atoms with Crippen molar-refractivity contribution in [3.8, 4) is 11.1 Å². The minimum atomic E-state index is -3.08. The first-order valence-corrected chi connectivity index (χ1v) is 23.5. The van der Waals surface area contributed by atoms with E-state index in [2.05, 4.69) is 35.7 Å². The van der Waals surface area contributed by atoms with E-state index in [1.54, 1.807) is 52.1 Å². The van der Waals surface area contributed by atoms with Crippen LogP contribution in [0.4, 0.5) is 34.6 Å². The number of anilines is 3. The molecule has 2 atom stereocenters. The van der Waals surface area contributed by atoms with Gasteiger partial charge in [-0.2, -0.15) is 10.2 Å². The molecule has 0 aliphatic carbocycles. The molecule has 4 fully saturated rings. The fourth-order valence-corrected chi connectivity index (χ4v) is 11.3. The predicted octanol–water partition coefficient (Wildman–Crippen LogP) is 5.77. The van der Waals surface area contributed by atoms with E-state index in [-0.39, 0.29) is 49.1 Å². The molecule has 5 amide bonds. The van der Waals surface area contributed by atoms with Gasteiger partial charge in [0.25, 0.3) is 11.8 Å². The lowest BCUT2D eigenvalue weighted by atomic mass is 9.72. The maximum absolute atomic E-state index is 15.8. The molecule has 7 aromatic rings. The third-order valence-electron chi connectivity index (χ3n) is 14.2. The number of imidazole rings is 1. The fraction of sp³-hybridized carbons (Fsp3) is 0.362. The van der Waals surface area contributed by atoms with Crippen LogP contribution in [0.5, 0.6) is 0 Å². The maximum atomic E-state index is 15.8. The Bertz CT molecular complexity index is 3150. The van der Waals surface area contributed by atoms with Crippen LogP contribution in [0.2, 0.25) is 0 Å². The van der Waals surface area contributed by atoms with Crippen LogP contribution in [-0.2, 0) is 27.3 Å². The van der Waals surface area contributed by atoms with Crippen molar-refractivity contribution < 1.29 is 32.3 Å². The Labute approximate surface area is 389 Å². The molecule has 21 heteroatoms. The summed E-state index contributed by atoms with van der Waals surface area (Å²) in [5, 5.41) is 20.1. The number of hydrogen-bond acceptors (Lipinski definition) is 11. The van der Waals surface area contributed by atoms with E-state index in [0.29, 0.717) is 69.2 Å². The first kappa shape index (κ1) is 42.2. The van der Waals surface area contributed by atoms with Gasteiger partial charge in [-0.05, 0) is 78.9 Å². The lowest BCUT2D eigenvalue weighted by molar-refractivity contribution is -0.149. The van der Waals surface area contributed by atoms with Gasteiger partial charge in [0.2, 0.25) is 11.8 Å². The summed E-state index contributed by atoms with van der Waals surface area (Å²) in [6.07, 6.45) is 6.95. The van der Waals surface area contributed by atoms with E-state index in [9.17, 15) is 19.2 Å². The average Bonchev–Trinajstić information content (AvgIpc) is 4.14. The molecule has 2 unspecified atom stereocenters. The number of imide groups is 1. The van der Waals surface area contributed by atoms with Crippen molar-refractivity contribution in [3.05, 3.63) is 101 Å². The van der Waals surface area contributed by atoms with Gasteiger partial charge in [-0.1, -0.05) is 18.2 Å². The molecule has 0 radical (unpaired) electrons. The molecule has 1 spiro atoms. The molecular weight excluding hydrogens is 900 g/mol. The molecule has 0 bridgehead atoms. The third kappa shape index (κ3) is 7.34. The Kier molecular flexibility index (Phi) is 9.94. The van der Waals surface area contributed by atoms with Gasteiger partial charge in [-0.25, -0.2) is 27.9 Å². The summed E-state index contributed by atoms with van der Waals surface area (Å²) in [5.41, 5.74) is 5.32. The highest BCUT2D eigenvalue weighted by atomic mass is 32.1. The number of alkyl halides is 2. The van der Waals surface area contributed by atoms with Crippen molar-refractivity contribution >= 4 is 73.5 Å². The van der Waals surface area contributed by atoms with Gasteiger partial charge >= 0.3 is 6.03 Å². The second kappa shape index (κ2) is 16.0. The summed E-state index contributed by atoms with van der Waals surface area (Å²) < 4.78 is 50.9. The van der Waals surface area contributed by atoms with Crippen molar-refractivity contribution in [1.29, 1.82) is 0 Å². The predicted molar refractivity (Wildman–Crippen MR) is 246 cm³/mol. The van der Waals surface area contributed by atoms with Gasteiger partial charge in [-0.3, -0.25) is 44.6 Å². The number of aromatic nitrogens is 7. The topological polar surface area (TPSA) is 183 Å². The summed E-state index contributed by atoms with van der Waals surface area (Å²) in [6.45, 7) is 3.36. The highest BCUT2D eigenvalue weighted by Gasteiger charge is 2.54. The summed E-state index contributed by atoms with van der Waals surface area (Å²) in [5.74, 6) is -5.14. The van der Waals surface area contributed by atoms with E-state index in [0.717, 1.165) is 49.4 Å². The van der Waals surface area contributed by atoms with Crippen molar-refractivity contribution in [2.45, 2.75) is 50.1 Å². The first-order chi connectivity index (χ1) is 32.9. The number of halogens is 3. The van der Waals surface area contributed by atoms with E-state index < -0.39 is 36.3 Å².